The number of hydrogen-bond acceptors (Lipinski definition) is 3. The van der Waals surface area contributed by atoms with E-state index in [0.717, 1.165) is 30.5 Å². The third-order valence-corrected chi connectivity index (χ3v) is 2.83. The van der Waals surface area contributed by atoms with Crippen molar-refractivity contribution in [2.75, 3.05) is 0 Å². The van der Waals surface area contributed by atoms with Gasteiger partial charge >= 0.3 is 12.1 Å². The highest BCUT2D eigenvalue weighted by Gasteiger charge is 2.30. The number of benzene rings is 1. The predicted molar refractivity (Wildman–Crippen MR) is 67.7 cm³/mol. The number of ether oxygens (including phenoxy) is 1. The van der Waals surface area contributed by atoms with Gasteiger partial charge in [0, 0.05) is 6.20 Å². The van der Waals surface area contributed by atoms with Gasteiger partial charge in [-0.15, -0.1) is 0 Å². The first-order valence-corrected chi connectivity index (χ1v) is 5.90. The van der Waals surface area contributed by atoms with E-state index in [2.05, 4.69) is 4.98 Å². The SMILES string of the molecule is O=C(O)c1ccnc(Oc2cccc(C(F)(F)F)c2)c1Cl. The van der Waals surface area contributed by atoms with Crippen LogP contribution in [-0.4, -0.2) is 16.1 Å². The van der Waals surface area contributed by atoms with Crippen LogP contribution in [0.5, 0.6) is 11.6 Å². The molecule has 8 heteroatoms. The van der Waals surface area contributed by atoms with Gasteiger partial charge in [0.15, 0.2) is 0 Å². The van der Waals surface area contributed by atoms with Crippen molar-refractivity contribution in [3.63, 3.8) is 0 Å². The number of aromatic nitrogens is 1. The Morgan fingerprint density at radius 1 is 1.29 bits per heavy atom. The zero-order valence-corrected chi connectivity index (χ0v) is 10.9. The Hall–Kier alpha value is -2.28. The van der Waals surface area contributed by atoms with Crippen molar-refractivity contribution in [2.24, 2.45) is 0 Å². The molecule has 0 saturated heterocycles. The summed E-state index contributed by atoms with van der Waals surface area (Å²) in [4.78, 5) is 14.6. The summed E-state index contributed by atoms with van der Waals surface area (Å²) < 4.78 is 42.9. The van der Waals surface area contributed by atoms with Crippen molar-refractivity contribution in [3.8, 4) is 11.6 Å². The molecule has 2 aromatic rings. The molecule has 0 bridgehead atoms. The number of aromatic carboxylic acids is 1. The maximum atomic E-state index is 12.6. The number of carbonyl (C=O) groups is 1. The van der Waals surface area contributed by atoms with E-state index in [0.29, 0.717) is 0 Å². The molecule has 0 unspecified atom stereocenters. The standard InChI is InChI=1S/C13H7ClF3NO3/c14-10-9(12(19)20)4-5-18-11(10)21-8-3-1-2-7(6-8)13(15,16)17/h1-6H,(H,19,20). The Labute approximate surface area is 121 Å². The fraction of sp³-hybridized carbons (Fsp3) is 0.0769. The van der Waals surface area contributed by atoms with E-state index in [1.807, 2.05) is 0 Å². The van der Waals surface area contributed by atoms with Gasteiger partial charge in [0.1, 0.15) is 10.8 Å². The number of alkyl halides is 3. The van der Waals surface area contributed by atoms with Crippen molar-refractivity contribution < 1.29 is 27.8 Å². The lowest BCUT2D eigenvalue weighted by Gasteiger charge is -2.10. The smallest absolute Gasteiger partial charge is 0.416 e. The molecule has 21 heavy (non-hydrogen) atoms. The number of halogens is 4. The Balaban J connectivity index is 2.35. The number of carboxylic acid groups (broad SMARTS) is 1. The molecule has 0 atom stereocenters. The van der Waals surface area contributed by atoms with Crippen LogP contribution >= 0.6 is 11.6 Å². The Bertz CT molecular complexity index is 689. The number of nitrogens with zero attached hydrogens (tertiary/aromatic N) is 1. The molecule has 0 radical (unpaired) electrons. The first kappa shape index (κ1) is 15.1. The molecule has 0 spiro atoms. The molecule has 0 amide bonds. The normalized spacial score (nSPS) is 11.2. The third kappa shape index (κ3) is 3.43. The van der Waals surface area contributed by atoms with E-state index in [1.54, 1.807) is 0 Å². The van der Waals surface area contributed by atoms with Gasteiger partial charge < -0.3 is 9.84 Å². The van der Waals surface area contributed by atoms with Gasteiger partial charge in [-0.25, -0.2) is 9.78 Å². The maximum Gasteiger partial charge on any atom is 0.416 e. The lowest BCUT2D eigenvalue weighted by molar-refractivity contribution is -0.137. The summed E-state index contributed by atoms with van der Waals surface area (Å²) in [6, 6.07) is 5.25. The molecule has 1 aromatic carbocycles. The summed E-state index contributed by atoms with van der Waals surface area (Å²) in [7, 11) is 0. The van der Waals surface area contributed by atoms with Gasteiger partial charge in [-0.1, -0.05) is 17.7 Å². The molecule has 1 N–H and O–H groups in total. The van der Waals surface area contributed by atoms with E-state index in [9.17, 15) is 18.0 Å². The molecule has 1 heterocycles. The van der Waals surface area contributed by atoms with Crippen LogP contribution in [0.2, 0.25) is 5.02 Å². The second-order valence-electron chi connectivity index (χ2n) is 3.91. The predicted octanol–water partition coefficient (Wildman–Crippen LogP) is 4.24. The third-order valence-electron chi connectivity index (χ3n) is 2.46. The maximum absolute atomic E-state index is 12.6. The second kappa shape index (κ2) is 5.61. The number of rotatable bonds is 3. The monoisotopic (exact) mass is 317 g/mol. The van der Waals surface area contributed by atoms with Gasteiger partial charge in [0.25, 0.3) is 0 Å². The summed E-state index contributed by atoms with van der Waals surface area (Å²) in [5.41, 5.74) is -1.15. The summed E-state index contributed by atoms with van der Waals surface area (Å²) in [6.07, 6.45) is -3.38. The van der Waals surface area contributed by atoms with Crippen LogP contribution in [0.25, 0.3) is 0 Å². The summed E-state index contributed by atoms with van der Waals surface area (Å²) >= 11 is 5.79. The fourth-order valence-corrected chi connectivity index (χ4v) is 1.74. The highest BCUT2D eigenvalue weighted by Crippen LogP contribution is 2.34. The Morgan fingerprint density at radius 3 is 2.62 bits per heavy atom. The molecule has 2 rings (SSSR count). The van der Waals surface area contributed by atoms with Crippen molar-refractivity contribution in [2.45, 2.75) is 6.18 Å². The van der Waals surface area contributed by atoms with Crippen LogP contribution in [0.15, 0.2) is 36.5 Å². The lowest BCUT2D eigenvalue weighted by atomic mass is 10.2. The van der Waals surface area contributed by atoms with Gasteiger partial charge in [-0.05, 0) is 24.3 Å². The molecule has 110 valence electrons. The number of hydrogen-bond donors (Lipinski definition) is 1. The minimum Gasteiger partial charge on any atom is -0.478 e. The molecule has 1 aromatic heterocycles. The van der Waals surface area contributed by atoms with E-state index < -0.39 is 17.7 Å². The van der Waals surface area contributed by atoms with Crippen LogP contribution in [0.4, 0.5) is 13.2 Å². The molecule has 0 aliphatic heterocycles. The Kier molecular flexibility index (Phi) is 4.04. The molecular formula is C13H7ClF3NO3. The Morgan fingerprint density at radius 2 is 2.00 bits per heavy atom. The quantitative estimate of drug-likeness (QED) is 0.919. The van der Waals surface area contributed by atoms with Crippen LogP contribution in [-0.2, 0) is 6.18 Å². The molecule has 0 aliphatic rings. The fourth-order valence-electron chi connectivity index (χ4n) is 1.51. The first-order valence-electron chi connectivity index (χ1n) is 5.52. The highest BCUT2D eigenvalue weighted by atomic mass is 35.5. The van der Waals surface area contributed by atoms with E-state index in [1.165, 1.54) is 6.07 Å². The van der Waals surface area contributed by atoms with Gasteiger partial charge in [0.2, 0.25) is 5.88 Å². The summed E-state index contributed by atoms with van der Waals surface area (Å²) in [5, 5.41) is 8.60. The molecule has 0 aliphatic carbocycles. The van der Waals surface area contributed by atoms with Crippen molar-refractivity contribution >= 4 is 17.6 Å². The summed E-state index contributed by atoms with van der Waals surface area (Å²) in [5.74, 6) is -1.73. The van der Waals surface area contributed by atoms with Gasteiger partial charge in [-0.3, -0.25) is 0 Å². The second-order valence-corrected chi connectivity index (χ2v) is 4.29. The summed E-state index contributed by atoms with van der Waals surface area (Å²) in [6.45, 7) is 0. The van der Waals surface area contributed by atoms with Crippen molar-refractivity contribution in [1.82, 2.24) is 4.98 Å². The zero-order chi connectivity index (χ0) is 15.6. The minimum absolute atomic E-state index is 0.151. The average molecular weight is 318 g/mol. The lowest BCUT2D eigenvalue weighted by Crippen LogP contribution is -2.05. The molecule has 0 fully saturated rings. The molecular weight excluding hydrogens is 311 g/mol. The minimum atomic E-state index is -4.51. The first-order chi connectivity index (χ1) is 9.79. The van der Waals surface area contributed by atoms with E-state index >= 15 is 0 Å². The van der Waals surface area contributed by atoms with Crippen molar-refractivity contribution in [1.29, 1.82) is 0 Å². The topological polar surface area (TPSA) is 59.4 Å². The van der Waals surface area contributed by atoms with Crippen LogP contribution < -0.4 is 4.74 Å². The van der Waals surface area contributed by atoms with Crippen molar-refractivity contribution in [3.05, 3.63) is 52.7 Å². The van der Waals surface area contributed by atoms with Gasteiger partial charge in [-0.2, -0.15) is 13.2 Å². The zero-order valence-electron chi connectivity index (χ0n) is 10.2. The van der Waals surface area contributed by atoms with E-state index in [-0.39, 0.29) is 22.2 Å². The van der Waals surface area contributed by atoms with E-state index in [4.69, 9.17) is 21.4 Å². The molecule has 0 saturated carbocycles. The van der Waals surface area contributed by atoms with Gasteiger partial charge in [0.05, 0.1) is 11.1 Å². The van der Waals surface area contributed by atoms with Crippen LogP contribution in [0, 0.1) is 0 Å². The number of pyridine rings is 1. The van der Waals surface area contributed by atoms with Crippen LogP contribution in [0.1, 0.15) is 15.9 Å². The molecule has 4 nitrogen and oxygen atoms in total. The largest absolute Gasteiger partial charge is 0.478 e. The average Bonchev–Trinajstić information content (AvgIpc) is 2.40. The van der Waals surface area contributed by atoms with Crippen LogP contribution in [0.3, 0.4) is 0 Å². The highest BCUT2D eigenvalue weighted by molar-refractivity contribution is 6.34. The number of carboxylic acids is 1.